The highest BCUT2D eigenvalue weighted by Crippen LogP contribution is 2.34. The number of aryl methyl sites for hydroxylation is 1. The number of rotatable bonds is 12. The Labute approximate surface area is 652 Å². The molecule has 12 aromatic heterocycles. The lowest BCUT2D eigenvalue weighted by atomic mass is 9.99. The van der Waals surface area contributed by atoms with Crippen molar-refractivity contribution in [3.05, 3.63) is 237 Å². The molecule has 10 N–H and O–H groups in total. The van der Waals surface area contributed by atoms with Crippen LogP contribution in [0.15, 0.2) is 204 Å². The summed E-state index contributed by atoms with van der Waals surface area (Å²) >= 11 is 12.8. The highest BCUT2D eigenvalue weighted by atomic mass is 79.9. The molecule has 3 amide bonds. The van der Waals surface area contributed by atoms with Crippen LogP contribution in [0.5, 0.6) is 0 Å². The van der Waals surface area contributed by atoms with E-state index < -0.39 is 18.7 Å². The lowest BCUT2D eigenvalue weighted by molar-refractivity contribution is -0.127. The summed E-state index contributed by atoms with van der Waals surface area (Å²) in [6.07, 6.45) is 14.7. The molecule has 1 fully saturated rings. The van der Waals surface area contributed by atoms with Gasteiger partial charge in [0, 0.05) is 44.2 Å². The smallest absolute Gasteiger partial charge is 0.443 e. The fraction of sp³-hybridized carbons (Fsp3) is 0.145. The van der Waals surface area contributed by atoms with Gasteiger partial charge in [0.25, 0.3) is 5.91 Å². The second kappa shape index (κ2) is 35.2. The number of aromatic nitrogens is 20. The van der Waals surface area contributed by atoms with Crippen molar-refractivity contribution in [3.8, 4) is 52.4 Å². The standard InChI is InChI=1S/C16H14N6O.2C15H11BrN6O.C15H12N6O.C5H6Br2N2O2.C2H3N.CH5BO2/c1-10-13(15-18-7-8-23-15)20-16(17)22-14(10)19-12(21-22)9-11-5-3-2-4-6-11;2*16-11-12(14-18-6-7-23-14)20-15(17)22-13(11)19-10(21-22)8-9-4-2-1-3-5-9;16-15-18-11(14-17-6-7-22-14)9-13-19-12(20-21(13)15)8-10-4-2-1-3-5-10;1-5(2)3(10)8(6)4(11)9(5)7;1-2-3;1-2(3)4/h2-8H,9H2,1H3,(H2,17,20);2*1-7H,8H2,(H2,17,20);1-7,9H,8H2,(H2,16,18);1-2H3;1H3;3-4H,1H3. The first-order valence-electron chi connectivity index (χ1n) is 32.4. The number of benzene rings is 4. The lowest BCUT2D eigenvalue weighted by Crippen LogP contribution is -2.37. The largest absolute Gasteiger partial charge is 0.448 e. The summed E-state index contributed by atoms with van der Waals surface area (Å²) in [6.45, 7) is 7.93. The molecule has 0 spiro atoms. The van der Waals surface area contributed by atoms with Gasteiger partial charge in [-0.05, 0) is 81.7 Å². The van der Waals surface area contributed by atoms with Crippen molar-refractivity contribution in [3.63, 3.8) is 0 Å². The molecule has 1 saturated heterocycles. The molecule has 4 aromatic carbocycles. The van der Waals surface area contributed by atoms with Gasteiger partial charge in [0.15, 0.2) is 45.9 Å². The minimum absolute atomic E-state index is 0.225. The SMILES string of the molecule is CB(O)O.CC#N.CC1(C)C(=O)N(Br)C(=O)N1Br.Cc1c(-c2ncco2)nc(N)n2nc(Cc3ccccc3)nc12.Nc1nc(-c2ncco2)c(Br)c2nc(Cc3ccccc3)nn12.Nc1nc(-c2ncco2)c(Br)c2nc(Cc3ccccc3)nn12.Nc1nc(-c2ncco2)cc2nc(Cc3ccccc3)nn12. The van der Waals surface area contributed by atoms with Gasteiger partial charge in [-0.3, -0.25) is 4.79 Å². The number of anilines is 4. The monoisotopic (exact) mass is 1720 g/mol. The fourth-order valence-corrected chi connectivity index (χ4v) is 12.3. The van der Waals surface area contributed by atoms with Crippen LogP contribution in [-0.4, -0.2) is 141 Å². The maximum Gasteiger partial charge on any atom is 0.448 e. The number of fused-ring (bicyclic) bond motifs is 4. The Bertz CT molecular complexity index is 5370. The summed E-state index contributed by atoms with van der Waals surface area (Å²) in [5, 5.41) is 40.3. The van der Waals surface area contributed by atoms with Crippen molar-refractivity contribution in [1.82, 2.24) is 106 Å². The number of nitrogen functional groups attached to an aromatic ring is 4. The van der Waals surface area contributed by atoms with E-state index in [1.54, 1.807) is 55.3 Å². The molecule has 35 nitrogen and oxygen atoms in total. The van der Waals surface area contributed by atoms with Gasteiger partial charge in [-0.1, -0.05) is 121 Å². The Morgan fingerprint density at radius 3 is 1.13 bits per heavy atom. The molecule has 0 unspecified atom stereocenters. The number of nitrogens with two attached hydrogens (primary N) is 4. The Balaban J connectivity index is 0.000000134. The van der Waals surface area contributed by atoms with E-state index in [1.165, 1.54) is 56.3 Å². The Hall–Kier alpha value is -12.5. The summed E-state index contributed by atoms with van der Waals surface area (Å²) in [6, 6.07) is 43.2. The van der Waals surface area contributed by atoms with Crippen LogP contribution in [0.4, 0.5) is 28.6 Å². The number of carbonyl (C=O) groups excluding carboxylic acids is 2. The van der Waals surface area contributed by atoms with Gasteiger partial charge in [0.2, 0.25) is 47.4 Å². The second-order valence-corrected chi connectivity index (χ2v) is 26.4. The molecule has 0 atom stereocenters. The average Bonchev–Trinajstić information content (AvgIpc) is 1.68. The number of hydrogen-bond acceptors (Lipinski definition) is 29. The first kappa shape index (κ1) is 77.6. The summed E-state index contributed by atoms with van der Waals surface area (Å²) in [5.74, 6) is 4.95. The molecule has 1 aliphatic rings. The third kappa shape index (κ3) is 18.6. The molecule has 0 aliphatic carbocycles. The zero-order valence-corrected chi connectivity index (χ0v) is 64.4. The summed E-state index contributed by atoms with van der Waals surface area (Å²) < 4.78 is 30.6. The van der Waals surface area contributed by atoms with Crippen molar-refractivity contribution in [2.24, 2.45) is 0 Å². The van der Waals surface area contributed by atoms with Crippen LogP contribution in [-0.2, 0) is 30.5 Å². The molecular formula is C69H62BBr4N27O8. The molecule has 0 saturated carbocycles. The number of carbonyl (C=O) groups is 2. The minimum Gasteiger partial charge on any atom is -0.443 e. The lowest BCUT2D eigenvalue weighted by Gasteiger charge is -2.19. The number of urea groups is 1. The number of hydrogen-bond donors (Lipinski definition) is 6. The van der Waals surface area contributed by atoms with Gasteiger partial charge in [-0.2, -0.15) is 27.2 Å². The number of amides is 3. The number of nitrogens with zero attached hydrogens (tertiary/aromatic N) is 23. The van der Waals surface area contributed by atoms with Crippen molar-refractivity contribution in [2.45, 2.75) is 65.7 Å². The topological polar surface area (TPSA) is 485 Å². The third-order valence-corrected chi connectivity index (χ3v) is 18.4. The number of halogens is 4. The van der Waals surface area contributed by atoms with Crippen molar-refractivity contribution in [2.75, 3.05) is 22.9 Å². The van der Waals surface area contributed by atoms with Gasteiger partial charge >= 0.3 is 13.1 Å². The number of nitriles is 1. The predicted molar refractivity (Wildman–Crippen MR) is 413 cm³/mol. The second-order valence-electron chi connectivity index (χ2n) is 23.4. The van der Waals surface area contributed by atoms with E-state index >= 15 is 0 Å². The molecular weight excluding hydrogens is 1670 g/mol. The van der Waals surface area contributed by atoms with Crippen LogP contribution in [0.25, 0.3) is 68.9 Å². The highest BCUT2D eigenvalue weighted by Gasteiger charge is 2.50. The van der Waals surface area contributed by atoms with Gasteiger partial charge in [-0.15, -0.1) is 20.4 Å². The molecule has 0 radical (unpaired) electrons. The highest BCUT2D eigenvalue weighted by molar-refractivity contribution is 9.11. The van der Waals surface area contributed by atoms with Crippen LogP contribution < -0.4 is 22.9 Å². The molecule has 0 bridgehead atoms. The quantitative estimate of drug-likeness (QED) is 0.0376. The third-order valence-electron chi connectivity index (χ3n) is 15.1. The van der Waals surface area contributed by atoms with E-state index in [4.69, 9.17) is 55.9 Å². The Morgan fingerprint density at radius 1 is 0.486 bits per heavy atom. The van der Waals surface area contributed by atoms with Crippen LogP contribution in [0.2, 0.25) is 6.82 Å². The van der Waals surface area contributed by atoms with Crippen molar-refractivity contribution in [1.29, 1.82) is 5.26 Å². The molecule has 40 heteroatoms. The van der Waals surface area contributed by atoms with Crippen LogP contribution in [0.3, 0.4) is 0 Å². The zero-order chi connectivity index (χ0) is 77.5. The first-order valence-corrected chi connectivity index (χ1v) is 35.4. The van der Waals surface area contributed by atoms with Crippen molar-refractivity contribution < 1.29 is 37.3 Å². The number of imide groups is 1. The molecule has 552 valence electrons. The Morgan fingerprint density at radius 2 is 0.798 bits per heavy atom. The van der Waals surface area contributed by atoms with Gasteiger partial charge < -0.3 is 50.7 Å². The van der Waals surface area contributed by atoms with E-state index in [0.717, 1.165) is 31.7 Å². The van der Waals surface area contributed by atoms with E-state index in [2.05, 4.69) is 144 Å². The van der Waals surface area contributed by atoms with Crippen LogP contribution in [0, 0.1) is 18.3 Å². The fourth-order valence-electron chi connectivity index (χ4n) is 10.1. The summed E-state index contributed by atoms with van der Waals surface area (Å²) in [7, 11) is -1.17. The predicted octanol–water partition coefficient (Wildman–Crippen LogP) is 10.9. The van der Waals surface area contributed by atoms with Gasteiger partial charge in [0.1, 0.15) is 53.4 Å². The minimum atomic E-state index is -1.17. The normalized spacial score (nSPS) is 12.0. The number of oxazole rings is 4. The molecule has 17 rings (SSSR count). The summed E-state index contributed by atoms with van der Waals surface area (Å²) in [4.78, 5) is 74.1. The van der Waals surface area contributed by atoms with E-state index in [9.17, 15) is 9.59 Å². The zero-order valence-electron chi connectivity index (χ0n) is 58.1. The average molecular weight is 1730 g/mol. The van der Waals surface area contributed by atoms with Gasteiger partial charge in [0.05, 0.1) is 72.1 Å². The molecule has 1 aliphatic heterocycles. The molecule has 16 aromatic rings. The van der Waals surface area contributed by atoms with Crippen molar-refractivity contribution >= 4 is 130 Å². The van der Waals surface area contributed by atoms with E-state index in [0.29, 0.717) is 127 Å². The first-order chi connectivity index (χ1) is 52.5. The maximum absolute atomic E-state index is 11.2. The Kier molecular flexibility index (Phi) is 25.1. The van der Waals surface area contributed by atoms with E-state index in [1.807, 2.05) is 128 Å². The van der Waals surface area contributed by atoms with Crippen LogP contribution >= 0.6 is 64.2 Å². The summed E-state index contributed by atoms with van der Waals surface area (Å²) in [5.41, 5.74) is 33.1. The molecule has 109 heavy (non-hydrogen) atoms. The van der Waals surface area contributed by atoms with E-state index in [-0.39, 0.29) is 29.7 Å². The van der Waals surface area contributed by atoms with Crippen LogP contribution in [0.1, 0.15) is 71.9 Å². The molecule has 13 heterocycles. The van der Waals surface area contributed by atoms with Gasteiger partial charge in [-0.25, -0.2) is 68.5 Å². The maximum atomic E-state index is 11.2.